The van der Waals surface area contributed by atoms with Crippen molar-refractivity contribution in [1.29, 1.82) is 0 Å². The van der Waals surface area contributed by atoms with E-state index in [-0.39, 0.29) is 21.7 Å². The number of amides is 1. The molecule has 7 heteroatoms. The van der Waals surface area contributed by atoms with E-state index in [1.54, 1.807) is 6.07 Å². The SMILES string of the molecule is CCC(CC)c1nc(NC(=O)c2ccco2)sc1C(=O)O. The molecule has 2 aromatic heterocycles. The zero-order valence-electron chi connectivity index (χ0n) is 11.8. The van der Waals surface area contributed by atoms with Crippen LogP contribution in [0.2, 0.25) is 0 Å². The standard InChI is InChI=1S/C14H16N2O4S/c1-3-8(4-2)10-11(13(18)19)21-14(15-10)16-12(17)9-6-5-7-20-9/h5-8H,3-4H2,1-2H3,(H,18,19)(H,15,16,17). The van der Waals surface area contributed by atoms with Crippen molar-refractivity contribution in [3.05, 3.63) is 34.7 Å². The fourth-order valence-corrected chi connectivity index (χ4v) is 2.94. The van der Waals surface area contributed by atoms with E-state index in [9.17, 15) is 14.7 Å². The van der Waals surface area contributed by atoms with Crippen molar-refractivity contribution in [3.8, 4) is 0 Å². The predicted octanol–water partition coefficient (Wildman–Crippen LogP) is 3.59. The van der Waals surface area contributed by atoms with Gasteiger partial charge in [0, 0.05) is 5.92 Å². The number of carboxylic acids is 1. The first-order chi connectivity index (χ1) is 10.1. The number of anilines is 1. The van der Waals surface area contributed by atoms with Gasteiger partial charge >= 0.3 is 5.97 Å². The molecule has 0 bridgehead atoms. The molecule has 0 aliphatic rings. The van der Waals surface area contributed by atoms with Crippen LogP contribution in [0, 0.1) is 0 Å². The first-order valence-electron chi connectivity index (χ1n) is 6.65. The number of nitrogens with zero attached hydrogens (tertiary/aromatic N) is 1. The zero-order chi connectivity index (χ0) is 15.4. The number of hydrogen-bond acceptors (Lipinski definition) is 5. The Kier molecular flexibility index (Phi) is 4.74. The van der Waals surface area contributed by atoms with Crippen LogP contribution in [0.15, 0.2) is 22.8 Å². The van der Waals surface area contributed by atoms with E-state index in [1.165, 1.54) is 12.3 Å². The summed E-state index contributed by atoms with van der Waals surface area (Å²) in [4.78, 5) is 27.7. The number of carbonyl (C=O) groups excluding carboxylic acids is 1. The summed E-state index contributed by atoms with van der Waals surface area (Å²) in [5, 5.41) is 12.1. The van der Waals surface area contributed by atoms with Crippen LogP contribution >= 0.6 is 11.3 Å². The number of thiazole rings is 1. The molecule has 0 unspecified atom stereocenters. The molecule has 0 radical (unpaired) electrons. The highest BCUT2D eigenvalue weighted by atomic mass is 32.1. The number of aromatic carboxylic acids is 1. The van der Waals surface area contributed by atoms with Gasteiger partial charge in [0.25, 0.3) is 5.91 Å². The molecule has 0 aromatic carbocycles. The maximum atomic E-state index is 11.9. The average molecular weight is 308 g/mol. The highest BCUT2D eigenvalue weighted by Crippen LogP contribution is 2.32. The minimum Gasteiger partial charge on any atom is -0.477 e. The first kappa shape index (κ1) is 15.2. The van der Waals surface area contributed by atoms with Crippen molar-refractivity contribution in [2.45, 2.75) is 32.6 Å². The molecule has 2 heterocycles. The van der Waals surface area contributed by atoms with Crippen LogP contribution in [0.25, 0.3) is 0 Å². The fraction of sp³-hybridized carbons (Fsp3) is 0.357. The maximum absolute atomic E-state index is 11.9. The molecule has 6 nitrogen and oxygen atoms in total. The van der Waals surface area contributed by atoms with Gasteiger partial charge in [-0.15, -0.1) is 0 Å². The molecule has 0 saturated heterocycles. The van der Waals surface area contributed by atoms with Gasteiger partial charge in [-0.3, -0.25) is 10.1 Å². The van der Waals surface area contributed by atoms with Gasteiger partial charge in [-0.2, -0.15) is 0 Å². The lowest BCUT2D eigenvalue weighted by Crippen LogP contribution is -2.10. The van der Waals surface area contributed by atoms with E-state index in [0.717, 1.165) is 24.2 Å². The Morgan fingerprint density at radius 2 is 2.14 bits per heavy atom. The molecular formula is C14H16N2O4S. The van der Waals surface area contributed by atoms with E-state index in [1.807, 2.05) is 13.8 Å². The van der Waals surface area contributed by atoms with Crippen molar-refractivity contribution in [2.75, 3.05) is 5.32 Å². The Bertz CT molecular complexity index is 629. The van der Waals surface area contributed by atoms with Gasteiger partial charge in [0.1, 0.15) is 4.88 Å². The molecule has 0 aliphatic carbocycles. The van der Waals surface area contributed by atoms with Crippen LogP contribution in [0.3, 0.4) is 0 Å². The lowest BCUT2D eigenvalue weighted by atomic mass is 9.98. The van der Waals surface area contributed by atoms with Gasteiger partial charge in [-0.05, 0) is 25.0 Å². The van der Waals surface area contributed by atoms with Crippen LogP contribution in [0.5, 0.6) is 0 Å². The van der Waals surface area contributed by atoms with Crippen molar-refractivity contribution in [3.63, 3.8) is 0 Å². The third kappa shape index (κ3) is 3.30. The lowest BCUT2D eigenvalue weighted by Gasteiger charge is -2.09. The van der Waals surface area contributed by atoms with Crippen molar-refractivity contribution in [2.24, 2.45) is 0 Å². The average Bonchev–Trinajstić information content (AvgIpc) is 3.09. The number of furan rings is 1. The van der Waals surface area contributed by atoms with E-state index >= 15 is 0 Å². The van der Waals surface area contributed by atoms with E-state index < -0.39 is 11.9 Å². The van der Waals surface area contributed by atoms with E-state index in [0.29, 0.717) is 5.69 Å². The van der Waals surface area contributed by atoms with Gasteiger partial charge in [0.15, 0.2) is 10.9 Å². The third-order valence-corrected chi connectivity index (χ3v) is 4.16. The zero-order valence-corrected chi connectivity index (χ0v) is 12.6. The van der Waals surface area contributed by atoms with Gasteiger partial charge in [0.05, 0.1) is 12.0 Å². The normalized spacial score (nSPS) is 10.8. The number of carboxylic acid groups (broad SMARTS) is 1. The van der Waals surface area contributed by atoms with Gasteiger partial charge in [0.2, 0.25) is 0 Å². The van der Waals surface area contributed by atoms with Gasteiger partial charge < -0.3 is 9.52 Å². The van der Waals surface area contributed by atoms with Crippen LogP contribution in [-0.2, 0) is 0 Å². The molecule has 0 spiro atoms. The van der Waals surface area contributed by atoms with Gasteiger partial charge in [-0.25, -0.2) is 9.78 Å². The van der Waals surface area contributed by atoms with Crippen LogP contribution in [-0.4, -0.2) is 22.0 Å². The van der Waals surface area contributed by atoms with E-state index in [4.69, 9.17) is 4.42 Å². The minimum atomic E-state index is -1.02. The lowest BCUT2D eigenvalue weighted by molar-refractivity contribution is 0.0700. The summed E-state index contributed by atoms with van der Waals surface area (Å²) in [6, 6.07) is 3.14. The summed E-state index contributed by atoms with van der Waals surface area (Å²) in [5.41, 5.74) is 0.534. The number of rotatable bonds is 6. The largest absolute Gasteiger partial charge is 0.477 e. The molecule has 2 N–H and O–H groups in total. The maximum Gasteiger partial charge on any atom is 0.347 e. The molecule has 21 heavy (non-hydrogen) atoms. The molecule has 0 aliphatic heterocycles. The van der Waals surface area contributed by atoms with Crippen molar-refractivity contribution >= 4 is 28.3 Å². The summed E-state index contributed by atoms with van der Waals surface area (Å²) < 4.78 is 4.99. The first-order valence-corrected chi connectivity index (χ1v) is 7.47. The molecule has 0 fully saturated rings. The molecular weight excluding hydrogens is 292 g/mol. The smallest absolute Gasteiger partial charge is 0.347 e. The second kappa shape index (κ2) is 6.53. The Balaban J connectivity index is 2.27. The Morgan fingerprint density at radius 3 is 2.67 bits per heavy atom. The highest BCUT2D eigenvalue weighted by Gasteiger charge is 2.23. The quantitative estimate of drug-likeness (QED) is 0.850. The molecule has 2 aromatic rings. The molecule has 2 rings (SSSR count). The van der Waals surface area contributed by atoms with Crippen LogP contribution < -0.4 is 5.32 Å². The summed E-state index contributed by atoms with van der Waals surface area (Å²) >= 11 is 0.968. The molecule has 1 amide bonds. The molecule has 0 atom stereocenters. The summed E-state index contributed by atoms with van der Waals surface area (Å²) in [6.07, 6.45) is 2.99. The number of carbonyl (C=O) groups is 2. The monoisotopic (exact) mass is 308 g/mol. The Hall–Kier alpha value is -2.15. The third-order valence-electron chi connectivity index (χ3n) is 3.19. The van der Waals surface area contributed by atoms with Crippen LogP contribution in [0.1, 0.15) is 58.5 Å². The highest BCUT2D eigenvalue weighted by molar-refractivity contribution is 7.17. The van der Waals surface area contributed by atoms with Crippen molar-refractivity contribution in [1.82, 2.24) is 4.98 Å². The summed E-state index contributed by atoms with van der Waals surface area (Å²) in [5.74, 6) is -1.23. The summed E-state index contributed by atoms with van der Waals surface area (Å²) in [6.45, 7) is 3.97. The number of aromatic nitrogens is 1. The second-order valence-electron chi connectivity index (χ2n) is 4.48. The molecule has 0 saturated carbocycles. The van der Waals surface area contributed by atoms with Crippen molar-refractivity contribution < 1.29 is 19.1 Å². The predicted molar refractivity (Wildman–Crippen MR) is 79.1 cm³/mol. The molecule has 112 valence electrons. The number of nitrogens with one attached hydrogen (secondary N) is 1. The minimum absolute atomic E-state index is 0.0709. The second-order valence-corrected chi connectivity index (χ2v) is 5.48. The summed E-state index contributed by atoms with van der Waals surface area (Å²) in [7, 11) is 0. The fourth-order valence-electron chi connectivity index (χ4n) is 2.06. The number of hydrogen-bond donors (Lipinski definition) is 2. The topological polar surface area (TPSA) is 92.4 Å². The Labute approximate surface area is 125 Å². The van der Waals surface area contributed by atoms with Crippen LogP contribution in [0.4, 0.5) is 5.13 Å². The van der Waals surface area contributed by atoms with E-state index in [2.05, 4.69) is 10.3 Å². The van der Waals surface area contributed by atoms with Gasteiger partial charge in [-0.1, -0.05) is 25.2 Å². The Morgan fingerprint density at radius 1 is 1.43 bits per heavy atom.